The highest BCUT2D eigenvalue weighted by Gasteiger charge is 2.34. The van der Waals surface area contributed by atoms with E-state index in [1.165, 1.54) is 91.2 Å². The van der Waals surface area contributed by atoms with Crippen LogP contribution >= 0.6 is 0 Å². The molecule has 0 aliphatic heterocycles. The van der Waals surface area contributed by atoms with Gasteiger partial charge in [-0.1, -0.05) is 60.0 Å². The zero-order chi connectivity index (χ0) is 32.3. The van der Waals surface area contributed by atoms with E-state index in [4.69, 9.17) is 4.74 Å². The van der Waals surface area contributed by atoms with Crippen molar-refractivity contribution < 1.29 is 14.6 Å². The fourth-order valence-electron chi connectivity index (χ4n) is 7.55. The zero-order valence-electron chi connectivity index (χ0n) is 29.5. The minimum atomic E-state index is -0.329. The first kappa shape index (κ1) is 34.9. The third-order valence-electron chi connectivity index (χ3n) is 11.0. The summed E-state index contributed by atoms with van der Waals surface area (Å²) in [6, 6.07) is 0. The Balaban J connectivity index is 0.000000242. The van der Waals surface area contributed by atoms with E-state index in [0.717, 1.165) is 47.3 Å². The van der Waals surface area contributed by atoms with Gasteiger partial charge in [0, 0.05) is 5.57 Å². The van der Waals surface area contributed by atoms with Crippen molar-refractivity contribution >= 4 is 5.97 Å². The van der Waals surface area contributed by atoms with Crippen molar-refractivity contribution in [2.24, 2.45) is 10.8 Å². The number of carbonyl (C=O) groups excluding carboxylic acids is 1. The molecule has 0 amide bonds. The maximum absolute atomic E-state index is 12.0. The van der Waals surface area contributed by atoms with E-state index in [9.17, 15) is 9.90 Å². The van der Waals surface area contributed by atoms with Crippen molar-refractivity contribution in [3.05, 3.63) is 67.8 Å². The largest absolute Gasteiger partial charge is 0.507 e. The molecule has 2 aliphatic carbocycles. The number of phenolic OH excluding ortho intramolecular Hbond substituents is 1. The number of unbranched alkanes of at least 4 members (excludes halogenated alkanes) is 2. The van der Waals surface area contributed by atoms with Crippen LogP contribution in [0.2, 0.25) is 0 Å². The number of hydrogen-bond donors (Lipinski definition) is 1. The summed E-state index contributed by atoms with van der Waals surface area (Å²) in [6.07, 6.45) is 14.9. The van der Waals surface area contributed by atoms with Crippen LogP contribution in [0.1, 0.15) is 142 Å². The molecule has 0 aromatic heterocycles. The molecule has 2 aromatic rings. The summed E-state index contributed by atoms with van der Waals surface area (Å²) in [5.74, 6) is 0.939. The predicted octanol–water partition coefficient (Wildman–Crippen LogP) is 10.8. The number of rotatable bonds is 8. The maximum Gasteiger partial charge on any atom is 0.338 e. The molecule has 3 heteroatoms. The molecular weight excluding hydrogens is 528 g/mol. The van der Waals surface area contributed by atoms with Crippen LogP contribution in [0.4, 0.5) is 0 Å². The number of fused-ring (bicyclic) bond motifs is 2. The molecule has 0 saturated heterocycles. The van der Waals surface area contributed by atoms with Crippen molar-refractivity contribution in [1.29, 1.82) is 0 Å². The van der Waals surface area contributed by atoms with E-state index >= 15 is 0 Å². The maximum atomic E-state index is 12.0. The molecule has 3 nitrogen and oxygen atoms in total. The first-order chi connectivity index (χ1) is 20.1. The van der Waals surface area contributed by atoms with Crippen LogP contribution in [0.5, 0.6) is 11.5 Å². The summed E-state index contributed by atoms with van der Waals surface area (Å²) in [6.45, 7) is 27.5. The van der Waals surface area contributed by atoms with E-state index in [2.05, 4.69) is 75.8 Å². The van der Waals surface area contributed by atoms with E-state index in [0.29, 0.717) is 22.2 Å². The van der Waals surface area contributed by atoms with Gasteiger partial charge in [-0.2, -0.15) is 0 Å². The van der Waals surface area contributed by atoms with Gasteiger partial charge in [0.05, 0.1) is 0 Å². The Labute approximate surface area is 263 Å². The summed E-state index contributed by atoms with van der Waals surface area (Å²) in [5, 5.41) is 10.2. The Bertz CT molecular complexity index is 1360. The topological polar surface area (TPSA) is 46.5 Å². The van der Waals surface area contributed by atoms with Crippen molar-refractivity contribution in [2.75, 3.05) is 0 Å². The Kier molecular flexibility index (Phi) is 11.4. The molecule has 0 fully saturated rings. The van der Waals surface area contributed by atoms with Gasteiger partial charge in [0.25, 0.3) is 0 Å². The molecule has 2 atom stereocenters. The standard InChI is InChI=1S/C22H32O2.C18H28O/c1-8-9-11-22(7)12-10-18-17(6)20(24-21(23)14(2)3)16(5)15(4)19(18)13-22;1-6-7-9-18(5)10-8-15-14(4)17(19)13(3)12(2)16(15)11-18/h2,8-13H2,1,3-7H3;19H,6-11H2,1-5H3/t22-;18-/m11/s1. The summed E-state index contributed by atoms with van der Waals surface area (Å²) >= 11 is 0. The molecule has 0 bridgehead atoms. The number of benzene rings is 2. The summed E-state index contributed by atoms with van der Waals surface area (Å²) < 4.78 is 5.66. The van der Waals surface area contributed by atoms with Gasteiger partial charge >= 0.3 is 5.97 Å². The van der Waals surface area contributed by atoms with Crippen LogP contribution in [-0.2, 0) is 30.5 Å². The second kappa shape index (κ2) is 14.0. The first-order valence-corrected chi connectivity index (χ1v) is 16.9. The van der Waals surface area contributed by atoms with Crippen molar-refractivity contribution in [2.45, 2.75) is 153 Å². The molecule has 43 heavy (non-hydrogen) atoms. The van der Waals surface area contributed by atoms with Crippen molar-refractivity contribution in [3.63, 3.8) is 0 Å². The van der Waals surface area contributed by atoms with Crippen LogP contribution in [0.15, 0.2) is 12.2 Å². The number of carbonyl (C=O) groups is 1. The monoisotopic (exact) mass is 588 g/mol. The van der Waals surface area contributed by atoms with E-state index < -0.39 is 0 Å². The van der Waals surface area contributed by atoms with Gasteiger partial charge in [0.15, 0.2) is 0 Å². The number of phenols is 1. The highest BCUT2D eigenvalue weighted by molar-refractivity contribution is 5.89. The second-order valence-corrected chi connectivity index (χ2v) is 14.7. The number of ether oxygens (including phenoxy) is 1. The lowest BCUT2D eigenvalue weighted by molar-refractivity contribution is -0.130. The Hall–Kier alpha value is -2.55. The van der Waals surface area contributed by atoms with Crippen LogP contribution < -0.4 is 4.74 Å². The quantitative estimate of drug-likeness (QED) is 0.189. The zero-order valence-corrected chi connectivity index (χ0v) is 29.5. The van der Waals surface area contributed by atoms with Crippen LogP contribution in [0.25, 0.3) is 0 Å². The minimum absolute atomic E-state index is 0.329. The Morgan fingerprint density at radius 3 is 1.60 bits per heavy atom. The van der Waals surface area contributed by atoms with Gasteiger partial charge in [-0.05, 0) is 166 Å². The smallest absolute Gasteiger partial charge is 0.338 e. The lowest BCUT2D eigenvalue weighted by atomic mass is 9.68. The first-order valence-electron chi connectivity index (χ1n) is 16.9. The van der Waals surface area contributed by atoms with Crippen molar-refractivity contribution in [3.8, 4) is 11.5 Å². The fraction of sp³-hybridized carbons (Fsp3) is 0.625. The summed E-state index contributed by atoms with van der Waals surface area (Å²) in [7, 11) is 0. The molecule has 0 unspecified atom stereocenters. The molecule has 2 aromatic carbocycles. The SMILES string of the molecule is C=C(C)C(=O)Oc1c(C)c(C)c2c(c1C)CC[C@@](C)(CCCC)C2.CCCC[C@]1(C)CCc2c(C)c(O)c(C)c(C)c2C1. The van der Waals surface area contributed by atoms with Crippen LogP contribution in [0.3, 0.4) is 0 Å². The van der Waals surface area contributed by atoms with Gasteiger partial charge in [0.2, 0.25) is 0 Å². The normalized spacial score (nSPS) is 20.9. The van der Waals surface area contributed by atoms with Gasteiger partial charge in [0.1, 0.15) is 11.5 Å². The molecular formula is C40H60O3. The summed E-state index contributed by atoms with van der Waals surface area (Å²) in [4.78, 5) is 12.0. The Morgan fingerprint density at radius 2 is 1.16 bits per heavy atom. The molecule has 0 spiro atoms. The minimum Gasteiger partial charge on any atom is -0.507 e. The summed E-state index contributed by atoms with van der Waals surface area (Å²) in [5.41, 5.74) is 14.2. The molecule has 0 radical (unpaired) electrons. The second-order valence-electron chi connectivity index (χ2n) is 14.7. The van der Waals surface area contributed by atoms with Gasteiger partial charge < -0.3 is 9.84 Å². The number of hydrogen-bond acceptors (Lipinski definition) is 3. The lowest BCUT2D eigenvalue weighted by Gasteiger charge is -2.37. The molecule has 4 rings (SSSR count). The van der Waals surface area contributed by atoms with Gasteiger partial charge in [-0.3, -0.25) is 0 Å². The van der Waals surface area contributed by atoms with Crippen LogP contribution in [-0.4, -0.2) is 11.1 Å². The highest BCUT2D eigenvalue weighted by Crippen LogP contribution is 2.46. The molecule has 238 valence electrons. The van der Waals surface area contributed by atoms with E-state index in [1.807, 2.05) is 0 Å². The average Bonchev–Trinajstić information content (AvgIpc) is 2.98. The third kappa shape index (κ3) is 7.58. The van der Waals surface area contributed by atoms with E-state index in [-0.39, 0.29) is 5.97 Å². The lowest BCUT2D eigenvalue weighted by Crippen LogP contribution is -2.27. The van der Waals surface area contributed by atoms with Gasteiger partial charge in [-0.25, -0.2) is 4.79 Å². The van der Waals surface area contributed by atoms with E-state index in [1.54, 1.807) is 6.92 Å². The molecule has 0 saturated carbocycles. The predicted molar refractivity (Wildman–Crippen MR) is 183 cm³/mol. The number of aromatic hydroxyl groups is 1. The van der Waals surface area contributed by atoms with Crippen molar-refractivity contribution in [1.82, 2.24) is 0 Å². The number of esters is 1. The molecule has 0 heterocycles. The van der Waals surface area contributed by atoms with Crippen LogP contribution in [0, 0.1) is 52.4 Å². The fourth-order valence-corrected chi connectivity index (χ4v) is 7.55. The Morgan fingerprint density at radius 1 is 0.721 bits per heavy atom. The third-order valence-corrected chi connectivity index (χ3v) is 11.0. The average molecular weight is 589 g/mol. The molecule has 1 N–H and O–H groups in total. The highest BCUT2D eigenvalue weighted by atomic mass is 16.5. The van der Waals surface area contributed by atoms with Gasteiger partial charge in [-0.15, -0.1) is 0 Å². The molecule has 2 aliphatic rings.